The van der Waals surface area contributed by atoms with Crippen molar-refractivity contribution in [1.82, 2.24) is 20.1 Å². The van der Waals surface area contributed by atoms with Crippen LogP contribution in [-0.4, -0.2) is 38.6 Å². The van der Waals surface area contributed by atoms with Crippen LogP contribution in [0, 0.1) is 17.1 Å². The molecule has 0 aliphatic carbocycles. The minimum atomic E-state index is -1.18. The molecule has 0 saturated carbocycles. The number of nitrogens with zero attached hydrogens (tertiary/aromatic N) is 4. The van der Waals surface area contributed by atoms with Crippen LogP contribution in [0.1, 0.15) is 18.1 Å². The number of hydrogen-bond donors (Lipinski definition) is 4. The molecule has 0 aliphatic heterocycles. The van der Waals surface area contributed by atoms with Crippen molar-refractivity contribution >= 4 is 34.3 Å². The number of benzene rings is 2. The lowest BCUT2D eigenvalue weighted by molar-refractivity contribution is 0.194. The average molecular weight is 474 g/mol. The third-order valence-electron chi connectivity index (χ3n) is 5.47. The van der Waals surface area contributed by atoms with Gasteiger partial charge >= 0.3 is 6.09 Å². The molecule has 4 rings (SSSR count). The minimum Gasteiger partial charge on any atom is -0.465 e. The number of halogens is 1. The molecular weight excluding hydrogens is 449 g/mol. The second-order valence-electron chi connectivity index (χ2n) is 7.90. The first-order valence-corrected chi connectivity index (χ1v) is 11.1. The van der Waals surface area contributed by atoms with Crippen molar-refractivity contribution in [2.75, 3.05) is 17.2 Å². The summed E-state index contributed by atoms with van der Waals surface area (Å²) >= 11 is 0. The molecule has 1 atom stereocenters. The quantitative estimate of drug-likeness (QED) is 0.282. The number of nitrogens with one attached hydrogen (secondary N) is 3. The number of amides is 1. The fourth-order valence-electron chi connectivity index (χ4n) is 3.80. The van der Waals surface area contributed by atoms with Crippen molar-refractivity contribution in [3.8, 4) is 6.07 Å². The summed E-state index contributed by atoms with van der Waals surface area (Å²) in [4.78, 5) is 15.4. The third kappa shape index (κ3) is 5.65. The van der Waals surface area contributed by atoms with Crippen molar-refractivity contribution in [2.45, 2.75) is 25.9 Å². The van der Waals surface area contributed by atoms with Crippen molar-refractivity contribution in [3.05, 3.63) is 77.7 Å². The topological polar surface area (TPSA) is 128 Å². The molecule has 0 fully saturated rings. The molecule has 9 nitrogen and oxygen atoms in total. The fraction of sp³-hybridized carbons (Fsp3) is 0.200. The summed E-state index contributed by atoms with van der Waals surface area (Å²) in [5, 5.41) is 32.2. The van der Waals surface area contributed by atoms with Crippen LogP contribution in [-0.2, 0) is 13.0 Å². The van der Waals surface area contributed by atoms with Crippen molar-refractivity contribution in [3.63, 3.8) is 0 Å². The Labute approximate surface area is 201 Å². The van der Waals surface area contributed by atoms with Gasteiger partial charge in [-0.05, 0) is 43.2 Å². The van der Waals surface area contributed by atoms with Crippen molar-refractivity contribution < 1.29 is 14.3 Å². The predicted octanol–water partition coefficient (Wildman–Crippen LogP) is 4.50. The molecule has 178 valence electrons. The number of carboxylic acid groups (broad SMARTS) is 1. The lowest BCUT2D eigenvalue weighted by atomic mass is 10.1. The van der Waals surface area contributed by atoms with Crippen molar-refractivity contribution in [1.29, 1.82) is 5.26 Å². The normalized spacial score (nSPS) is 11.6. The minimum absolute atomic E-state index is 0.0339. The highest BCUT2D eigenvalue weighted by Crippen LogP contribution is 2.26. The first-order chi connectivity index (χ1) is 17.0. The fourth-order valence-corrected chi connectivity index (χ4v) is 3.80. The van der Waals surface area contributed by atoms with Gasteiger partial charge in [0.05, 0.1) is 17.3 Å². The van der Waals surface area contributed by atoms with Gasteiger partial charge < -0.3 is 21.1 Å². The Morgan fingerprint density at radius 3 is 2.71 bits per heavy atom. The van der Waals surface area contributed by atoms with Gasteiger partial charge in [0.2, 0.25) is 0 Å². The average Bonchev–Trinajstić information content (AvgIpc) is 3.27. The van der Waals surface area contributed by atoms with E-state index < -0.39 is 18.0 Å². The number of carbonyl (C=O) groups is 1. The van der Waals surface area contributed by atoms with Gasteiger partial charge in [0.15, 0.2) is 17.5 Å². The molecule has 2 aromatic carbocycles. The zero-order valence-corrected chi connectivity index (χ0v) is 19.0. The number of aryl methyl sites for hydroxylation is 1. The van der Waals surface area contributed by atoms with E-state index in [1.54, 1.807) is 6.20 Å². The zero-order chi connectivity index (χ0) is 24.8. The van der Waals surface area contributed by atoms with Gasteiger partial charge in [-0.15, -0.1) is 0 Å². The molecule has 2 aromatic heterocycles. The van der Waals surface area contributed by atoms with Crippen LogP contribution in [0.25, 0.3) is 10.9 Å². The Hall–Kier alpha value is -4.65. The number of fused-ring (bicyclic) bond motifs is 1. The van der Waals surface area contributed by atoms with Crippen LogP contribution in [0.4, 0.5) is 26.5 Å². The van der Waals surface area contributed by atoms with Crippen LogP contribution in [0.3, 0.4) is 0 Å². The second-order valence-corrected chi connectivity index (χ2v) is 7.90. The van der Waals surface area contributed by atoms with E-state index in [0.717, 1.165) is 29.1 Å². The molecule has 1 unspecified atom stereocenters. The lowest BCUT2D eigenvalue weighted by Gasteiger charge is -2.20. The zero-order valence-electron chi connectivity index (χ0n) is 19.0. The molecule has 35 heavy (non-hydrogen) atoms. The number of pyridine rings is 1. The largest absolute Gasteiger partial charge is 0.465 e. The van der Waals surface area contributed by atoms with Crippen molar-refractivity contribution in [2.24, 2.45) is 0 Å². The monoisotopic (exact) mass is 473 g/mol. The maximum atomic E-state index is 14.9. The molecule has 4 N–H and O–H groups in total. The maximum absolute atomic E-state index is 14.9. The van der Waals surface area contributed by atoms with Gasteiger partial charge in [-0.1, -0.05) is 30.3 Å². The highest BCUT2D eigenvalue weighted by molar-refractivity contribution is 5.83. The van der Waals surface area contributed by atoms with E-state index in [1.165, 1.54) is 0 Å². The van der Waals surface area contributed by atoms with E-state index in [-0.39, 0.29) is 23.7 Å². The standard InChI is InChI=1S/C25H24FN7O2/c1-2-33-22-9-8-19(11-18(22)14-29-33)30-23-17(13-27)12-21(26)24(32-23)31-20(15-28-25(34)35)10-16-6-4-3-5-7-16/h3-9,11-12,14,20,28H,2,10,15H2,1H3,(H,34,35)(H2,30,31,32). The number of aromatic nitrogens is 3. The molecule has 0 saturated heterocycles. The smallest absolute Gasteiger partial charge is 0.404 e. The van der Waals surface area contributed by atoms with E-state index in [2.05, 4.69) is 26.0 Å². The first kappa shape index (κ1) is 23.5. The number of anilines is 3. The Balaban J connectivity index is 1.61. The van der Waals surface area contributed by atoms with Gasteiger partial charge in [0.1, 0.15) is 6.07 Å². The summed E-state index contributed by atoms with van der Waals surface area (Å²) in [7, 11) is 0. The summed E-state index contributed by atoms with van der Waals surface area (Å²) in [5.41, 5.74) is 2.64. The van der Waals surface area contributed by atoms with Gasteiger partial charge in [-0.3, -0.25) is 4.68 Å². The molecule has 2 heterocycles. The van der Waals surface area contributed by atoms with Crippen LogP contribution < -0.4 is 16.0 Å². The molecular formula is C25H24FN7O2. The summed E-state index contributed by atoms with van der Waals surface area (Å²) < 4.78 is 16.7. The lowest BCUT2D eigenvalue weighted by Crippen LogP contribution is -2.37. The molecule has 0 radical (unpaired) electrons. The predicted molar refractivity (Wildman–Crippen MR) is 131 cm³/mol. The molecule has 0 aliphatic rings. The second kappa shape index (κ2) is 10.5. The third-order valence-corrected chi connectivity index (χ3v) is 5.47. The van der Waals surface area contributed by atoms with Gasteiger partial charge in [0.25, 0.3) is 0 Å². The summed E-state index contributed by atoms with van der Waals surface area (Å²) in [6.07, 6.45) is 1.01. The SMILES string of the molecule is CCn1ncc2cc(Nc3nc(NC(CNC(=O)O)Cc4ccccc4)c(F)cc3C#N)ccc21. The molecule has 1 amide bonds. The Kier molecular flexibility index (Phi) is 7.07. The molecule has 0 spiro atoms. The first-order valence-electron chi connectivity index (χ1n) is 11.1. The van der Waals surface area contributed by atoms with Gasteiger partial charge in [0, 0.05) is 30.2 Å². The van der Waals surface area contributed by atoms with E-state index in [4.69, 9.17) is 5.11 Å². The highest BCUT2D eigenvalue weighted by Gasteiger charge is 2.18. The number of nitriles is 1. The Morgan fingerprint density at radius 2 is 2.00 bits per heavy atom. The summed E-state index contributed by atoms with van der Waals surface area (Å²) in [5.74, 6) is -0.608. The summed E-state index contributed by atoms with van der Waals surface area (Å²) in [6, 6.07) is 17.7. The number of rotatable bonds is 9. The molecule has 0 bridgehead atoms. The van der Waals surface area contributed by atoms with Gasteiger partial charge in [-0.2, -0.15) is 10.4 Å². The molecule has 10 heteroatoms. The van der Waals surface area contributed by atoms with E-state index in [9.17, 15) is 14.4 Å². The van der Waals surface area contributed by atoms with E-state index in [0.29, 0.717) is 12.1 Å². The van der Waals surface area contributed by atoms with Crippen LogP contribution in [0.2, 0.25) is 0 Å². The Bertz CT molecular complexity index is 1380. The van der Waals surface area contributed by atoms with Gasteiger partial charge in [-0.25, -0.2) is 14.2 Å². The molecule has 4 aromatic rings. The Morgan fingerprint density at radius 1 is 1.20 bits per heavy atom. The summed E-state index contributed by atoms with van der Waals surface area (Å²) in [6.45, 7) is 2.78. The van der Waals surface area contributed by atoms with Crippen LogP contribution in [0.5, 0.6) is 0 Å². The van der Waals surface area contributed by atoms with Crippen LogP contribution >= 0.6 is 0 Å². The van der Waals surface area contributed by atoms with Crippen LogP contribution in [0.15, 0.2) is 60.8 Å². The highest BCUT2D eigenvalue weighted by atomic mass is 19.1. The van der Waals surface area contributed by atoms with E-state index >= 15 is 0 Å². The maximum Gasteiger partial charge on any atom is 0.404 e. The number of hydrogen-bond acceptors (Lipinski definition) is 6. The van der Waals surface area contributed by atoms with E-state index in [1.807, 2.05) is 66.2 Å².